The number of amides is 1. The van der Waals surface area contributed by atoms with Gasteiger partial charge in [-0.1, -0.05) is 70.0 Å². The van der Waals surface area contributed by atoms with Gasteiger partial charge in [-0.05, 0) is 53.6 Å². The van der Waals surface area contributed by atoms with Gasteiger partial charge in [0.15, 0.2) is 0 Å². The van der Waals surface area contributed by atoms with Gasteiger partial charge in [0.25, 0.3) is 5.91 Å². The Kier molecular flexibility index (Phi) is 5.89. The maximum atomic E-state index is 13.1. The zero-order valence-corrected chi connectivity index (χ0v) is 20.3. The smallest absolute Gasteiger partial charge is 0.267 e. The van der Waals surface area contributed by atoms with Crippen LogP contribution in [0.25, 0.3) is 32.6 Å². The summed E-state index contributed by atoms with van der Waals surface area (Å²) in [6, 6.07) is 26.9. The summed E-state index contributed by atoms with van der Waals surface area (Å²) in [7, 11) is 0. The fraction of sp³-hybridized carbons (Fsp3) is 0. The third-order valence-electron chi connectivity index (χ3n) is 5.23. The number of nitrogen functional groups attached to an aromatic ring is 1. The van der Waals surface area contributed by atoms with Gasteiger partial charge in [0, 0.05) is 26.1 Å². The van der Waals surface area contributed by atoms with Crippen LogP contribution in [0.1, 0.15) is 9.67 Å². The molecule has 0 aliphatic rings. The van der Waals surface area contributed by atoms with E-state index in [4.69, 9.17) is 22.3 Å². The number of fused-ring (bicyclic) bond motifs is 1. The highest BCUT2D eigenvalue weighted by Gasteiger charge is 2.21. The number of thiophene rings is 1. The molecule has 4 nitrogen and oxygen atoms in total. The summed E-state index contributed by atoms with van der Waals surface area (Å²) in [6.07, 6.45) is 0. The van der Waals surface area contributed by atoms with Crippen molar-refractivity contribution in [3.8, 4) is 22.4 Å². The predicted molar refractivity (Wildman–Crippen MR) is 142 cm³/mol. The zero-order chi connectivity index (χ0) is 22.9. The van der Waals surface area contributed by atoms with Crippen molar-refractivity contribution in [1.29, 1.82) is 0 Å². The minimum Gasteiger partial charge on any atom is -0.397 e. The first-order valence-electron chi connectivity index (χ1n) is 10.1. The van der Waals surface area contributed by atoms with Gasteiger partial charge in [-0.15, -0.1) is 11.3 Å². The Morgan fingerprint density at radius 3 is 2.33 bits per heavy atom. The van der Waals surface area contributed by atoms with Gasteiger partial charge in [0.05, 0.1) is 11.4 Å². The molecule has 0 aliphatic carbocycles. The molecule has 0 unspecified atom stereocenters. The summed E-state index contributed by atoms with van der Waals surface area (Å²) in [5.41, 5.74) is 11.3. The Morgan fingerprint density at radius 2 is 1.64 bits per heavy atom. The topological polar surface area (TPSA) is 68.0 Å². The largest absolute Gasteiger partial charge is 0.397 e. The SMILES string of the molecule is Nc1c(C(=O)Nc2ccc(Br)cc2)sc2nc(-c3ccc(Cl)cc3)cc(-c3ccccc3)c12. The quantitative estimate of drug-likeness (QED) is 0.246. The molecule has 2 aromatic heterocycles. The standard InChI is InChI=1S/C26H17BrClN3OS/c27-17-8-12-19(13-9-17)30-25(32)24-23(29)22-20(15-4-2-1-3-5-15)14-21(31-26(22)33-24)16-6-10-18(28)11-7-16/h1-14H,29H2,(H,30,32). The molecule has 3 aromatic carbocycles. The van der Waals surface area contributed by atoms with Gasteiger partial charge in [-0.2, -0.15) is 0 Å². The lowest BCUT2D eigenvalue weighted by molar-refractivity contribution is 0.103. The van der Waals surface area contributed by atoms with Crippen LogP contribution in [0.4, 0.5) is 11.4 Å². The lowest BCUT2D eigenvalue weighted by atomic mass is 9.99. The number of halogens is 2. The highest BCUT2D eigenvalue weighted by atomic mass is 79.9. The third-order valence-corrected chi connectivity index (χ3v) is 7.11. The Labute approximate surface area is 208 Å². The first kappa shape index (κ1) is 21.6. The van der Waals surface area contributed by atoms with E-state index in [0.29, 0.717) is 26.1 Å². The summed E-state index contributed by atoms with van der Waals surface area (Å²) in [5, 5.41) is 4.37. The van der Waals surface area contributed by atoms with Crippen molar-refractivity contribution >= 4 is 66.4 Å². The van der Waals surface area contributed by atoms with Crippen molar-refractivity contribution in [3.05, 3.63) is 99.3 Å². The molecule has 5 aromatic rings. The molecule has 0 bridgehead atoms. The number of hydrogen-bond donors (Lipinski definition) is 2. The Balaban J connectivity index is 1.65. The minimum atomic E-state index is -0.259. The van der Waals surface area contributed by atoms with E-state index in [2.05, 4.69) is 21.2 Å². The Hall–Kier alpha value is -3.19. The molecule has 33 heavy (non-hydrogen) atoms. The van der Waals surface area contributed by atoms with Crippen LogP contribution < -0.4 is 11.1 Å². The van der Waals surface area contributed by atoms with Gasteiger partial charge in [-0.3, -0.25) is 4.79 Å². The van der Waals surface area contributed by atoms with Crippen molar-refractivity contribution < 1.29 is 4.79 Å². The number of benzene rings is 3. The molecule has 0 spiro atoms. The summed E-state index contributed by atoms with van der Waals surface area (Å²) in [6.45, 7) is 0. The molecule has 0 saturated heterocycles. The molecule has 2 heterocycles. The number of pyridine rings is 1. The molecule has 0 fully saturated rings. The van der Waals surface area contributed by atoms with E-state index in [9.17, 15) is 4.79 Å². The second kappa shape index (κ2) is 8.98. The highest BCUT2D eigenvalue weighted by molar-refractivity contribution is 9.10. The normalized spacial score (nSPS) is 11.0. The number of nitrogens with zero attached hydrogens (tertiary/aromatic N) is 1. The van der Waals surface area contributed by atoms with E-state index in [1.165, 1.54) is 11.3 Å². The first-order chi connectivity index (χ1) is 16.0. The average Bonchev–Trinajstić information content (AvgIpc) is 3.17. The number of carbonyl (C=O) groups is 1. The monoisotopic (exact) mass is 533 g/mol. The lowest BCUT2D eigenvalue weighted by Gasteiger charge is -2.09. The number of anilines is 2. The van der Waals surface area contributed by atoms with Crippen molar-refractivity contribution in [1.82, 2.24) is 4.98 Å². The van der Waals surface area contributed by atoms with Crippen LogP contribution >= 0.6 is 38.9 Å². The van der Waals surface area contributed by atoms with Crippen molar-refractivity contribution in [2.24, 2.45) is 0 Å². The van der Waals surface area contributed by atoms with E-state index in [-0.39, 0.29) is 5.91 Å². The fourth-order valence-corrected chi connectivity index (χ4v) is 5.03. The molecule has 0 atom stereocenters. The van der Waals surface area contributed by atoms with Gasteiger partial charge in [-0.25, -0.2) is 4.98 Å². The highest BCUT2D eigenvalue weighted by Crippen LogP contribution is 2.41. The number of rotatable bonds is 4. The maximum absolute atomic E-state index is 13.1. The van der Waals surface area contributed by atoms with E-state index < -0.39 is 0 Å². The zero-order valence-electron chi connectivity index (χ0n) is 17.2. The second-order valence-corrected chi connectivity index (χ2v) is 9.77. The molecular formula is C26H17BrClN3OS. The van der Waals surface area contributed by atoms with Gasteiger partial charge in [0.1, 0.15) is 9.71 Å². The van der Waals surface area contributed by atoms with E-state index in [1.54, 1.807) is 0 Å². The summed E-state index contributed by atoms with van der Waals surface area (Å²) in [5.74, 6) is -0.259. The summed E-state index contributed by atoms with van der Waals surface area (Å²) in [4.78, 5) is 19.1. The maximum Gasteiger partial charge on any atom is 0.267 e. The van der Waals surface area contributed by atoms with Crippen molar-refractivity contribution in [2.45, 2.75) is 0 Å². The van der Waals surface area contributed by atoms with Gasteiger partial charge >= 0.3 is 0 Å². The molecule has 5 rings (SSSR count). The molecule has 0 radical (unpaired) electrons. The molecule has 162 valence electrons. The van der Waals surface area contributed by atoms with Crippen molar-refractivity contribution in [3.63, 3.8) is 0 Å². The first-order valence-corrected chi connectivity index (χ1v) is 12.1. The second-order valence-electron chi connectivity index (χ2n) is 7.41. The van der Waals surface area contributed by atoms with Gasteiger partial charge in [0.2, 0.25) is 0 Å². The number of nitrogens with two attached hydrogens (primary N) is 1. The van der Waals surface area contributed by atoms with E-state index >= 15 is 0 Å². The van der Waals surface area contributed by atoms with Crippen LogP contribution in [0.5, 0.6) is 0 Å². The number of nitrogens with one attached hydrogen (secondary N) is 1. The van der Waals surface area contributed by atoms with Crippen LogP contribution in [-0.4, -0.2) is 10.9 Å². The van der Waals surface area contributed by atoms with E-state index in [0.717, 1.165) is 32.2 Å². The summed E-state index contributed by atoms with van der Waals surface area (Å²) >= 11 is 10.8. The van der Waals surface area contributed by atoms with Crippen LogP contribution in [0, 0.1) is 0 Å². The van der Waals surface area contributed by atoms with Crippen molar-refractivity contribution in [2.75, 3.05) is 11.1 Å². The average molecular weight is 535 g/mol. The lowest BCUT2D eigenvalue weighted by Crippen LogP contribution is -2.11. The third kappa shape index (κ3) is 4.37. The minimum absolute atomic E-state index is 0.259. The van der Waals surface area contributed by atoms with Crippen LogP contribution in [0.2, 0.25) is 5.02 Å². The summed E-state index contributed by atoms with van der Waals surface area (Å²) < 4.78 is 0.938. The van der Waals surface area contributed by atoms with Crippen LogP contribution in [0.15, 0.2) is 89.4 Å². The van der Waals surface area contributed by atoms with Gasteiger partial charge < -0.3 is 11.1 Å². The van der Waals surface area contributed by atoms with Crippen LogP contribution in [-0.2, 0) is 0 Å². The predicted octanol–water partition coefficient (Wildman–Crippen LogP) is 7.88. The molecule has 1 amide bonds. The fourth-order valence-electron chi connectivity index (χ4n) is 3.62. The van der Waals surface area contributed by atoms with Crippen LogP contribution in [0.3, 0.4) is 0 Å². The number of carbonyl (C=O) groups excluding carboxylic acids is 1. The number of hydrogen-bond acceptors (Lipinski definition) is 4. The molecular weight excluding hydrogens is 518 g/mol. The molecule has 7 heteroatoms. The molecule has 3 N–H and O–H groups in total. The molecule has 0 saturated carbocycles. The number of aromatic nitrogens is 1. The Morgan fingerprint density at radius 1 is 0.939 bits per heavy atom. The van der Waals surface area contributed by atoms with E-state index in [1.807, 2.05) is 84.9 Å². The Bertz CT molecular complexity index is 1470. The molecule has 0 aliphatic heterocycles.